The highest BCUT2D eigenvalue weighted by Gasteiger charge is 2.41. The molecular formula is C19H28N4O4. The largest absolute Gasteiger partial charge is 0.506 e. The van der Waals surface area contributed by atoms with Gasteiger partial charge in [-0.3, -0.25) is 14.5 Å². The fourth-order valence-corrected chi connectivity index (χ4v) is 3.92. The van der Waals surface area contributed by atoms with E-state index in [1.165, 1.54) is 0 Å². The number of phenols is 1. The first-order valence-electron chi connectivity index (χ1n) is 9.40. The minimum atomic E-state index is -1.56. The van der Waals surface area contributed by atoms with Crippen LogP contribution >= 0.6 is 0 Å². The first-order chi connectivity index (χ1) is 12.8. The van der Waals surface area contributed by atoms with Crippen LogP contribution in [0.3, 0.4) is 0 Å². The fourth-order valence-electron chi connectivity index (χ4n) is 3.92. The summed E-state index contributed by atoms with van der Waals surface area (Å²) >= 11 is 0. The summed E-state index contributed by atoms with van der Waals surface area (Å²) in [6.07, 6.45) is 0.955. The molecule has 1 aromatic rings. The number of benzene rings is 1. The number of phenolic OH excluding ortho intramolecular Hbond substituents is 1. The van der Waals surface area contributed by atoms with Crippen molar-refractivity contribution < 1.29 is 19.8 Å². The molecule has 2 fully saturated rings. The predicted octanol–water partition coefficient (Wildman–Crippen LogP) is -0.258. The Morgan fingerprint density at radius 3 is 2.44 bits per heavy atom. The van der Waals surface area contributed by atoms with Crippen LogP contribution in [0.15, 0.2) is 24.3 Å². The predicted molar refractivity (Wildman–Crippen MR) is 101 cm³/mol. The molecule has 2 saturated heterocycles. The van der Waals surface area contributed by atoms with Gasteiger partial charge in [0.15, 0.2) is 5.60 Å². The quantitative estimate of drug-likeness (QED) is 0.668. The Kier molecular flexibility index (Phi) is 5.57. The van der Waals surface area contributed by atoms with E-state index in [1.807, 2.05) is 24.0 Å². The van der Waals surface area contributed by atoms with Gasteiger partial charge in [-0.2, -0.15) is 0 Å². The molecule has 4 N–H and O–H groups in total. The minimum Gasteiger partial charge on any atom is -0.506 e. The first-order valence-corrected chi connectivity index (χ1v) is 9.40. The number of hydrogen-bond donors (Lipinski definition) is 3. The van der Waals surface area contributed by atoms with Crippen molar-refractivity contribution in [2.45, 2.75) is 31.4 Å². The molecule has 148 valence electrons. The number of carbonyl (C=O) groups is 2. The Morgan fingerprint density at radius 2 is 1.81 bits per heavy atom. The lowest BCUT2D eigenvalue weighted by Crippen LogP contribution is -2.61. The van der Waals surface area contributed by atoms with Crippen molar-refractivity contribution in [1.82, 2.24) is 9.80 Å². The van der Waals surface area contributed by atoms with E-state index in [0.29, 0.717) is 45.6 Å². The van der Waals surface area contributed by atoms with Crippen LogP contribution < -0.4 is 10.6 Å². The van der Waals surface area contributed by atoms with E-state index in [4.69, 9.17) is 5.73 Å². The molecule has 0 bridgehead atoms. The van der Waals surface area contributed by atoms with Gasteiger partial charge in [-0.1, -0.05) is 12.1 Å². The van der Waals surface area contributed by atoms with Crippen molar-refractivity contribution in [3.8, 4) is 5.75 Å². The summed E-state index contributed by atoms with van der Waals surface area (Å²) in [6, 6.07) is 6.77. The zero-order chi connectivity index (χ0) is 19.6. The van der Waals surface area contributed by atoms with Crippen LogP contribution in [-0.4, -0.2) is 82.7 Å². The van der Waals surface area contributed by atoms with Gasteiger partial charge in [0.25, 0.3) is 5.91 Å². The second kappa shape index (κ2) is 7.74. The molecule has 2 amide bonds. The van der Waals surface area contributed by atoms with Crippen LogP contribution in [0.25, 0.3) is 0 Å². The molecule has 2 unspecified atom stereocenters. The van der Waals surface area contributed by atoms with E-state index in [9.17, 15) is 19.8 Å². The van der Waals surface area contributed by atoms with Gasteiger partial charge >= 0.3 is 0 Å². The summed E-state index contributed by atoms with van der Waals surface area (Å²) in [5.41, 5.74) is 4.55. The van der Waals surface area contributed by atoms with Gasteiger partial charge in [0.2, 0.25) is 5.91 Å². The number of piperazine rings is 1. The molecule has 0 radical (unpaired) electrons. The van der Waals surface area contributed by atoms with Gasteiger partial charge < -0.3 is 25.7 Å². The van der Waals surface area contributed by atoms with Gasteiger partial charge in [-0.05, 0) is 38.4 Å². The lowest BCUT2D eigenvalue weighted by atomic mass is 9.91. The van der Waals surface area contributed by atoms with Gasteiger partial charge in [0.1, 0.15) is 5.75 Å². The van der Waals surface area contributed by atoms with Gasteiger partial charge in [0, 0.05) is 32.7 Å². The van der Waals surface area contributed by atoms with Crippen LogP contribution in [-0.2, 0) is 9.59 Å². The third-order valence-corrected chi connectivity index (χ3v) is 5.68. The Balaban J connectivity index is 1.59. The van der Waals surface area contributed by atoms with Gasteiger partial charge in [-0.25, -0.2) is 0 Å². The summed E-state index contributed by atoms with van der Waals surface area (Å²) in [4.78, 5) is 30.2. The van der Waals surface area contributed by atoms with Crippen LogP contribution in [0, 0.1) is 0 Å². The average Bonchev–Trinajstić information content (AvgIpc) is 2.67. The maximum Gasteiger partial charge on any atom is 0.250 e. The van der Waals surface area contributed by atoms with Crippen molar-refractivity contribution in [1.29, 1.82) is 0 Å². The van der Waals surface area contributed by atoms with Crippen molar-refractivity contribution in [3.05, 3.63) is 24.3 Å². The number of rotatable bonds is 4. The van der Waals surface area contributed by atoms with E-state index >= 15 is 0 Å². The zero-order valence-electron chi connectivity index (χ0n) is 15.7. The van der Waals surface area contributed by atoms with E-state index in [2.05, 4.69) is 4.90 Å². The van der Waals surface area contributed by atoms with Crippen LogP contribution in [0.4, 0.5) is 5.69 Å². The van der Waals surface area contributed by atoms with Gasteiger partial charge in [0.05, 0.1) is 11.7 Å². The maximum atomic E-state index is 12.9. The van der Waals surface area contributed by atoms with Crippen molar-refractivity contribution in [2.75, 3.05) is 44.2 Å². The molecule has 0 aromatic heterocycles. The smallest absolute Gasteiger partial charge is 0.250 e. The molecular weight excluding hydrogens is 348 g/mol. The molecule has 2 aliphatic rings. The molecule has 27 heavy (non-hydrogen) atoms. The minimum absolute atomic E-state index is 0.0133. The lowest BCUT2D eigenvalue weighted by Gasteiger charge is -2.42. The lowest BCUT2D eigenvalue weighted by molar-refractivity contribution is -0.148. The highest BCUT2D eigenvalue weighted by Crippen LogP contribution is 2.28. The molecule has 8 heteroatoms. The average molecular weight is 376 g/mol. The number of aromatic hydroxyl groups is 1. The molecule has 2 atom stereocenters. The molecule has 0 spiro atoms. The number of piperidine rings is 1. The third kappa shape index (κ3) is 4.01. The SMILES string of the molecule is CC(C(=O)N1CCN(c2ccccc2O)CC1)N1CCCC(O)(C(N)=O)C1. The number of β-amino-alcohol motifs (C(OH)–C–C–N with tert-alkyl or cyclic N) is 1. The number of para-hydroxylation sites is 2. The Morgan fingerprint density at radius 1 is 1.15 bits per heavy atom. The monoisotopic (exact) mass is 376 g/mol. The van der Waals surface area contributed by atoms with Crippen LogP contribution in [0.1, 0.15) is 19.8 Å². The Labute approximate surface area is 159 Å². The standard InChI is InChI=1S/C19H28N4O4/c1-14(23-8-4-7-19(27,13-23)18(20)26)17(25)22-11-9-21(10-12-22)15-5-2-3-6-16(15)24/h2-3,5-6,14,24,27H,4,7-13H2,1H3,(H2,20,26). The molecule has 2 aliphatic heterocycles. The number of amides is 2. The topological polar surface area (TPSA) is 110 Å². The second-order valence-corrected chi connectivity index (χ2v) is 7.45. The number of nitrogens with two attached hydrogens (primary N) is 1. The van der Waals surface area contributed by atoms with E-state index < -0.39 is 17.6 Å². The number of nitrogens with zero attached hydrogens (tertiary/aromatic N) is 3. The number of likely N-dealkylation sites (tertiary alicyclic amines) is 1. The first kappa shape index (κ1) is 19.4. The number of hydrogen-bond acceptors (Lipinski definition) is 6. The summed E-state index contributed by atoms with van der Waals surface area (Å²) in [7, 11) is 0. The highest BCUT2D eigenvalue weighted by atomic mass is 16.3. The fraction of sp³-hybridized carbons (Fsp3) is 0.579. The second-order valence-electron chi connectivity index (χ2n) is 7.45. The van der Waals surface area contributed by atoms with Crippen molar-refractivity contribution in [3.63, 3.8) is 0 Å². The summed E-state index contributed by atoms with van der Waals surface area (Å²) in [5, 5.41) is 20.4. The molecule has 2 heterocycles. The summed E-state index contributed by atoms with van der Waals surface area (Å²) < 4.78 is 0. The summed E-state index contributed by atoms with van der Waals surface area (Å²) in [5.74, 6) is -0.506. The molecule has 3 rings (SSSR count). The van der Waals surface area contributed by atoms with Crippen LogP contribution in [0.2, 0.25) is 0 Å². The van der Waals surface area contributed by atoms with E-state index in [-0.39, 0.29) is 18.2 Å². The Hall–Kier alpha value is -2.32. The molecule has 8 nitrogen and oxygen atoms in total. The number of primary amides is 1. The van der Waals surface area contributed by atoms with E-state index in [0.717, 1.165) is 5.69 Å². The van der Waals surface area contributed by atoms with Crippen molar-refractivity contribution in [2.24, 2.45) is 5.73 Å². The van der Waals surface area contributed by atoms with E-state index in [1.54, 1.807) is 17.0 Å². The normalized spacial score (nSPS) is 25.3. The number of anilines is 1. The summed E-state index contributed by atoms with van der Waals surface area (Å²) in [6.45, 7) is 4.96. The van der Waals surface area contributed by atoms with Crippen molar-refractivity contribution >= 4 is 17.5 Å². The molecule has 0 saturated carbocycles. The maximum absolute atomic E-state index is 12.9. The number of carbonyl (C=O) groups excluding carboxylic acids is 2. The van der Waals surface area contributed by atoms with Gasteiger partial charge in [-0.15, -0.1) is 0 Å². The highest BCUT2D eigenvalue weighted by molar-refractivity contribution is 5.84. The molecule has 0 aliphatic carbocycles. The number of aliphatic hydroxyl groups is 1. The van der Waals surface area contributed by atoms with Crippen LogP contribution in [0.5, 0.6) is 5.75 Å². The third-order valence-electron chi connectivity index (χ3n) is 5.68. The molecule has 1 aromatic carbocycles. The Bertz CT molecular complexity index is 705. The zero-order valence-corrected chi connectivity index (χ0v) is 15.7.